The summed E-state index contributed by atoms with van der Waals surface area (Å²) in [5.74, 6) is 0. The van der Waals surface area contributed by atoms with E-state index in [1.54, 1.807) is 18.2 Å². The van der Waals surface area contributed by atoms with Crippen LogP contribution in [0.5, 0.6) is 0 Å². The van der Waals surface area contributed by atoms with Crippen LogP contribution in [-0.2, 0) is 10.0 Å². The molecule has 1 fully saturated rings. The normalized spacial score (nSPS) is 23.5. The lowest BCUT2D eigenvalue weighted by Crippen LogP contribution is -2.44. The second kappa shape index (κ2) is 6.84. The Morgan fingerprint density at radius 1 is 1.19 bits per heavy atom. The maximum Gasteiger partial charge on any atom is 0.246 e. The standard InChI is InChI=1S/C14H20Cl2N2O2S/c1-2-18(11-8-6-10(17)7-9-11)21(19,20)14-12(15)4-3-5-13(14)16/h3-5,10-11H,2,6-9,17H2,1H3. The lowest BCUT2D eigenvalue weighted by Gasteiger charge is -2.34. The van der Waals surface area contributed by atoms with Crippen LogP contribution in [0.15, 0.2) is 23.1 Å². The average molecular weight is 351 g/mol. The molecule has 0 heterocycles. The van der Waals surface area contributed by atoms with E-state index in [2.05, 4.69) is 0 Å². The van der Waals surface area contributed by atoms with Crippen molar-refractivity contribution in [1.29, 1.82) is 0 Å². The first-order valence-electron chi connectivity index (χ1n) is 7.09. The van der Waals surface area contributed by atoms with Crippen molar-refractivity contribution in [2.24, 2.45) is 5.73 Å². The minimum atomic E-state index is -3.70. The molecule has 0 bridgehead atoms. The molecule has 0 aliphatic heterocycles. The molecule has 0 unspecified atom stereocenters. The third-order valence-corrected chi connectivity index (χ3v) is 6.93. The van der Waals surface area contributed by atoms with Gasteiger partial charge in [0.1, 0.15) is 4.90 Å². The lowest BCUT2D eigenvalue weighted by atomic mass is 9.92. The number of hydrogen-bond acceptors (Lipinski definition) is 3. The van der Waals surface area contributed by atoms with Crippen molar-refractivity contribution >= 4 is 33.2 Å². The molecule has 2 rings (SSSR count). The minimum Gasteiger partial charge on any atom is -0.328 e. The van der Waals surface area contributed by atoms with E-state index >= 15 is 0 Å². The van der Waals surface area contributed by atoms with Gasteiger partial charge in [0.15, 0.2) is 0 Å². The molecule has 21 heavy (non-hydrogen) atoms. The summed E-state index contributed by atoms with van der Waals surface area (Å²) in [5.41, 5.74) is 5.90. The topological polar surface area (TPSA) is 63.4 Å². The first kappa shape index (κ1) is 17.0. The van der Waals surface area contributed by atoms with Crippen LogP contribution in [0.1, 0.15) is 32.6 Å². The monoisotopic (exact) mass is 350 g/mol. The fraction of sp³-hybridized carbons (Fsp3) is 0.571. The molecule has 1 aliphatic rings. The highest BCUT2D eigenvalue weighted by Gasteiger charge is 2.34. The smallest absolute Gasteiger partial charge is 0.246 e. The molecule has 0 amide bonds. The fourth-order valence-corrected chi connectivity index (χ4v) is 5.65. The summed E-state index contributed by atoms with van der Waals surface area (Å²) in [6, 6.07) is 4.87. The van der Waals surface area contributed by atoms with Crippen LogP contribution in [0.4, 0.5) is 0 Å². The number of rotatable bonds is 4. The molecule has 7 heteroatoms. The number of sulfonamides is 1. The Hall–Kier alpha value is -0.330. The van der Waals surface area contributed by atoms with Gasteiger partial charge in [-0.2, -0.15) is 4.31 Å². The van der Waals surface area contributed by atoms with Gasteiger partial charge in [0.05, 0.1) is 10.0 Å². The van der Waals surface area contributed by atoms with Gasteiger partial charge < -0.3 is 5.73 Å². The molecule has 0 saturated heterocycles. The first-order valence-corrected chi connectivity index (χ1v) is 9.29. The first-order chi connectivity index (χ1) is 9.87. The van der Waals surface area contributed by atoms with Crippen LogP contribution in [0.3, 0.4) is 0 Å². The zero-order chi connectivity index (χ0) is 15.6. The summed E-state index contributed by atoms with van der Waals surface area (Å²) < 4.78 is 27.3. The number of halogens is 2. The molecule has 1 aromatic rings. The average Bonchev–Trinajstić information content (AvgIpc) is 2.41. The predicted octanol–water partition coefficient (Wildman–Crippen LogP) is 3.27. The maximum absolute atomic E-state index is 12.9. The van der Waals surface area contributed by atoms with Crippen LogP contribution < -0.4 is 5.73 Å². The van der Waals surface area contributed by atoms with Gasteiger partial charge in [-0.25, -0.2) is 8.42 Å². The van der Waals surface area contributed by atoms with E-state index in [0.29, 0.717) is 6.54 Å². The van der Waals surface area contributed by atoms with Gasteiger partial charge in [-0.1, -0.05) is 36.2 Å². The van der Waals surface area contributed by atoms with Gasteiger partial charge in [0.25, 0.3) is 0 Å². The highest BCUT2D eigenvalue weighted by molar-refractivity contribution is 7.89. The number of hydrogen-bond donors (Lipinski definition) is 1. The Kier molecular flexibility index (Phi) is 5.54. The van der Waals surface area contributed by atoms with E-state index in [1.165, 1.54) is 4.31 Å². The van der Waals surface area contributed by atoms with Crippen molar-refractivity contribution in [1.82, 2.24) is 4.31 Å². The van der Waals surface area contributed by atoms with Crippen LogP contribution in [-0.4, -0.2) is 31.4 Å². The van der Waals surface area contributed by atoms with Gasteiger partial charge in [-0.3, -0.25) is 0 Å². The highest BCUT2D eigenvalue weighted by atomic mass is 35.5. The molecule has 0 spiro atoms. The number of nitrogens with two attached hydrogens (primary N) is 1. The van der Waals surface area contributed by atoms with Crippen LogP contribution in [0.2, 0.25) is 10.0 Å². The Balaban J connectivity index is 2.36. The summed E-state index contributed by atoms with van der Waals surface area (Å²) >= 11 is 12.1. The highest BCUT2D eigenvalue weighted by Crippen LogP contribution is 2.34. The Bertz CT molecular complexity index is 579. The number of nitrogens with zero attached hydrogens (tertiary/aromatic N) is 1. The lowest BCUT2D eigenvalue weighted by molar-refractivity contribution is 0.247. The molecular weight excluding hydrogens is 331 g/mol. The third kappa shape index (κ3) is 3.54. The van der Waals surface area contributed by atoms with Crippen LogP contribution in [0, 0.1) is 0 Å². The van der Waals surface area contributed by atoms with Crippen LogP contribution >= 0.6 is 23.2 Å². The van der Waals surface area contributed by atoms with E-state index < -0.39 is 10.0 Å². The summed E-state index contributed by atoms with van der Waals surface area (Å²) in [6.07, 6.45) is 3.23. The van der Waals surface area contributed by atoms with Crippen molar-refractivity contribution < 1.29 is 8.42 Å². The van der Waals surface area contributed by atoms with E-state index in [-0.39, 0.29) is 27.0 Å². The molecule has 0 radical (unpaired) electrons. The molecule has 0 atom stereocenters. The summed E-state index contributed by atoms with van der Waals surface area (Å²) in [6.45, 7) is 2.22. The molecule has 1 aromatic carbocycles. The van der Waals surface area contributed by atoms with Gasteiger partial charge >= 0.3 is 0 Å². The Morgan fingerprint density at radius 2 is 1.71 bits per heavy atom. The molecule has 0 aromatic heterocycles. The molecule has 4 nitrogen and oxygen atoms in total. The van der Waals surface area contributed by atoms with Gasteiger partial charge in [0.2, 0.25) is 10.0 Å². The number of benzene rings is 1. The third-order valence-electron chi connectivity index (χ3n) is 3.95. The largest absolute Gasteiger partial charge is 0.328 e. The molecular formula is C14H20Cl2N2O2S. The zero-order valence-electron chi connectivity index (χ0n) is 11.9. The van der Waals surface area contributed by atoms with Crippen molar-refractivity contribution in [2.75, 3.05) is 6.54 Å². The minimum absolute atomic E-state index is 0.00468. The van der Waals surface area contributed by atoms with E-state index in [4.69, 9.17) is 28.9 Å². The zero-order valence-corrected chi connectivity index (χ0v) is 14.3. The van der Waals surface area contributed by atoms with Gasteiger partial charge in [0, 0.05) is 18.6 Å². The quantitative estimate of drug-likeness (QED) is 0.906. The summed E-state index contributed by atoms with van der Waals surface area (Å²) in [7, 11) is -3.70. The Morgan fingerprint density at radius 3 is 2.19 bits per heavy atom. The molecule has 118 valence electrons. The van der Waals surface area contributed by atoms with Gasteiger partial charge in [-0.15, -0.1) is 0 Å². The summed E-state index contributed by atoms with van der Waals surface area (Å²) in [4.78, 5) is 0.00468. The van der Waals surface area contributed by atoms with Crippen molar-refractivity contribution in [2.45, 2.75) is 49.6 Å². The summed E-state index contributed by atoms with van der Waals surface area (Å²) in [5, 5.41) is 0.321. The molecule has 1 saturated carbocycles. The van der Waals surface area contributed by atoms with Crippen molar-refractivity contribution in [3.63, 3.8) is 0 Å². The van der Waals surface area contributed by atoms with E-state index in [1.807, 2.05) is 6.92 Å². The van der Waals surface area contributed by atoms with Crippen molar-refractivity contribution in [3.05, 3.63) is 28.2 Å². The van der Waals surface area contributed by atoms with Gasteiger partial charge in [-0.05, 0) is 37.8 Å². The van der Waals surface area contributed by atoms with E-state index in [0.717, 1.165) is 25.7 Å². The second-order valence-electron chi connectivity index (χ2n) is 5.33. The molecule has 2 N–H and O–H groups in total. The second-order valence-corrected chi connectivity index (χ2v) is 7.97. The fourth-order valence-electron chi connectivity index (χ4n) is 2.86. The maximum atomic E-state index is 12.9. The predicted molar refractivity (Wildman–Crippen MR) is 86.3 cm³/mol. The Labute approximate surface area is 136 Å². The van der Waals surface area contributed by atoms with Crippen molar-refractivity contribution in [3.8, 4) is 0 Å². The SMILES string of the molecule is CCN(C1CCC(N)CC1)S(=O)(=O)c1c(Cl)cccc1Cl. The van der Waals surface area contributed by atoms with Crippen LogP contribution in [0.25, 0.3) is 0 Å². The van der Waals surface area contributed by atoms with E-state index in [9.17, 15) is 8.42 Å². The molecule has 1 aliphatic carbocycles.